The molecule has 0 radical (unpaired) electrons. The van der Waals surface area contributed by atoms with E-state index in [9.17, 15) is 9.59 Å². The lowest BCUT2D eigenvalue weighted by Crippen LogP contribution is -2.22. The molecule has 0 aliphatic heterocycles. The second kappa shape index (κ2) is 8.16. The number of hydrogen-bond donors (Lipinski definition) is 1. The van der Waals surface area contributed by atoms with Crippen LogP contribution in [0.2, 0.25) is 0 Å². The minimum atomic E-state index is -0.330. The van der Waals surface area contributed by atoms with Gasteiger partial charge in [-0.25, -0.2) is 9.50 Å². The van der Waals surface area contributed by atoms with Crippen molar-refractivity contribution in [1.82, 2.24) is 14.6 Å². The third-order valence-electron chi connectivity index (χ3n) is 4.49. The average molecular weight is 385 g/mol. The average Bonchev–Trinajstić information content (AvgIpc) is 3.11. The molecule has 1 aromatic carbocycles. The zero-order valence-corrected chi connectivity index (χ0v) is 16.4. The van der Waals surface area contributed by atoms with Gasteiger partial charge in [-0.15, -0.1) is 0 Å². The number of aryl methyl sites for hydroxylation is 1. The first-order chi connectivity index (χ1) is 13.5. The van der Waals surface area contributed by atoms with E-state index in [1.807, 2.05) is 12.1 Å². The summed E-state index contributed by atoms with van der Waals surface area (Å²) in [5, 5.41) is 3.08. The normalized spacial score (nSPS) is 10.9. The first-order valence-electron chi connectivity index (χ1n) is 8.97. The van der Waals surface area contributed by atoms with Gasteiger partial charge in [-0.3, -0.25) is 14.7 Å². The van der Waals surface area contributed by atoms with Crippen LogP contribution in [-0.4, -0.2) is 41.4 Å². The lowest BCUT2D eigenvalue weighted by Gasteiger charge is -2.08. The fourth-order valence-corrected chi connectivity index (χ4v) is 3.07. The molecule has 3 rings (SSSR count). The van der Waals surface area contributed by atoms with E-state index in [4.69, 9.17) is 14.2 Å². The van der Waals surface area contributed by atoms with Gasteiger partial charge in [0.15, 0.2) is 17.1 Å². The van der Waals surface area contributed by atoms with E-state index in [0.717, 1.165) is 5.56 Å². The summed E-state index contributed by atoms with van der Waals surface area (Å²) in [6.07, 6.45) is 0.422. The molecule has 0 atom stereocenters. The number of carbonyl (C=O) groups excluding carboxylic acids is 1. The van der Waals surface area contributed by atoms with Crippen molar-refractivity contribution in [3.05, 3.63) is 45.9 Å². The number of aromatic nitrogens is 3. The number of methoxy groups -OCH3 is 2. The third kappa shape index (κ3) is 3.71. The molecule has 0 saturated carbocycles. The SMILES string of the molecule is CCOC(=O)CCc1c(C)nc2cc(-c3ccc(OC)c(OC)c3)[nH]n2c1=O. The summed E-state index contributed by atoms with van der Waals surface area (Å²) in [6.45, 7) is 3.84. The number of hydrogen-bond acceptors (Lipinski definition) is 6. The van der Waals surface area contributed by atoms with E-state index in [2.05, 4.69) is 10.1 Å². The monoisotopic (exact) mass is 385 g/mol. The second-order valence-corrected chi connectivity index (χ2v) is 6.22. The summed E-state index contributed by atoms with van der Waals surface area (Å²) in [5.41, 5.74) is 2.92. The number of benzene rings is 1. The molecule has 8 nitrogen and oxygen atoms in total. The molecule has 0 aliphatic rings. The summed E-state index contributed by atoms with van der Waals surface area (Å²) in [6, 6.07) is 7.28. The number of fused-ring (bicyclic) bond motifs is 1. The Morgan fingerprint density at radius 2 is 1.93 bits per heavy atom. The van der Waals surface area contributed by atoms with Crippen LogP contribution in [0.4, 0.5) is 0 Å². The van der Waals surface area contributed by atoms with Gasteiger partial charge in [-0.1, -0.05) is 0 Å². The number of nitrogens with zero attached hydrogens (tertiary/aromatic N) is 2. The highest BCUT2D eigenvalue weighted by molar-refractivity contribution is 5.70. The summed E-state index contributed by atoms with van der Waals surface area (Å²) >= 11 is 0. The predicted octanol–water partition coefficient (Wildman–Crippen LogP) is 2.51. The van der Waals surface area contributed by atoms with E-state index in [1.165, 1.54) is 4.52 Å². The van der Waals surface area contributed by atoms with Crippen molar-refractivity contribution in [2.75, 3.05) is 20.8 Å². The summed E-state index contributed by atoms with van der Waals surface area (Å²) < 4.78 is 16.9. The van der Waals surface area contributed by atoms with E-state index >= 15 is 0 Å². The maximum atomic E-state index is 12.9. The number of carbonyl (C=O) groups is 1. The van der Waals surface area contributed by atoms with E-state index < -0.39 is 0 Å². The van der Waals surface area contributed by atoms with Crippen LogP contribution in [0.3, 0.4) is 0 Å². The van der Waals surface area contributed by atoms with Gasteiger partial charge < -0.3 is 14.2 Å². The van der Waals surface area contributed by atoms with Gasteiger partial charge in [0, 0.05) is 29.3 Å². The van der Waals surface area contributed by atoms with E-state index in [-0.39, 0.29) is 24.4 Å². The maximum absolute atomic E-state index is 12.9. The molecule has 148 valence electrons. The van der Waals surface area contributed by atoms with Gasteiger partial charge in [0.25, 0.3) is 5.56 Å². The summed E-state index contributed by atoms with van der Waals surface area (Å²) in [7, 11) is 3.14. The van der Waals surface area contributed by atoms with Crippen LogP contribution in [0.1, 0.15) is 24.6 Å². The quantitative estimate of drug-likeness (QED) is 0.628. The lowest BCUT2D eigenvalue weighted by atomic mass is 10.1. The van der Waals surface area contributed by atoms with Crippen molar-refractivity contribution >= 4 is 11.6 Å². The lowest BCUT2D eigenvalue weighted by molar-refractivity contribution is -0.143. The van der Waals surface area contributed by atoms with Crippen molar-refractivity contribution in [2.24, 2.45) is 0 Å². The number of esters is 1. The zero-order valence-electron chi connectivity index (χ0n) is 16.4. The molecule has 1 N–H and O–H groups in total. The Bertz CT molecular complexity index is 1070. The first kappa shape index (κ1) is 19.5. The molecule has 0 bridgehead atoms. The Labute approximate surface area is 162 Å². The van der Waals surface area contributed by atoms with Gasteiger partial charge >= 0.3 is 5.97 Å². The van der Waals surface area contributed by atoms with E-state index in [0.29, 0.717) is 40.7 Å². The first-order valence-corrected chi connectivity index (χ1v) is 8.97. The van der Waals surface area contributed by atoms with Crippen molar-refractivity contribution in [2.45, 2.75) is 26.7 Å². The second-order valence-electron chi connectivity index (χ2n) is 6.22. The highest BCUT2D eigenvalue weighted by Crippen LogP contribution is 2.31. The van der Waals surface area contributed by atoms with Crippen LogP contribution < -0.4 is 15.0 Å². The van der Waals surface area contributed by atoms with Crippen molar-refractivity contribution in [3.8, 4) is 22.8 Å². The highest BCUT2D eigenvalue weighted by atomic mass is 16.5. The Morgan fingerprint density at radius 3 is 2.61 bits per heavy atom. The molecule has 8 heteroatoms. The summed E-state index contributed by atoms with van der Waals surface area (Å²) in [5.74, 6) is 0.879. The topological polar surface area (TPSA) is 94.9 Å². The largest absolute Gasteiger partial charge is 0.493 e. The molecule has 0 unspecified atom stereocenters. The molecule has 0 aliphatic carbocycles. The number of rotatable bonds is 7. The molecule has 2 aromatic heterocycles. The van der Waals surface area contributed by atoms with Crippen LogP contribution >= 0.6 is 0 Å². The van der Waals surface area contributed by atoms with Gasteiger partial charge in [-0.05, 0) is 38.5 Å². The Hall–Kier alpha value is -3.29. The molecule has 0 spiro atoms. The van der Waals surface area contributed by atoms with Gasteiger partial charge in [0.05, 0.1) is 26.5 Å². The van der Waals surface area contributed by atoms with Crippen LogP contribution in [0, 0.1) is 6.92 Å². The van der Waals surface area contributed by atoms with Crippen LogP contribution in [0.5, 0.6) is 11.5 Å². The number of nitrogens with one attached hydrogen (secondary N) is 1. The predicted molar refractivity (Wildman–Crippen MR) is 104 cm³/mol. The summed E-state index contributed by atoms with van der Waals surface area (Å²) in [4.78, 5) is 29.0. The van der Waals surface area contributed by atoms with Gasteiger partial charge in [-0.2, -0.15) is 0 Å². The number of H-pyrrole nitrogens is 1. The standard InChI is InChI=1S/C20H23N3O5/c1-5-28-19(24)9-7-14-12(2)21-18-11-15(22-23(18)20(14)25)13-6-8-16(26-3)17(10-13)27-4/h6,8,10-11,22H,5,7,9H2,1-4H3. The Morgan fingerprint density at radius 1 is 1.18 bits per heavy atom. The highest BCUT2D eigenvalue weighted by Gasteiger charge is 2.15. The Kier molecular flexibility index (Phi) is 5.67. The molecule has 0 fully saturated rings. The molecule has 2 heterocycles. The Balaban J connectivity index is 1.99. The third-order valence-corrected chi connectivity index (χ3v) is 4.49. The molecule has 28 heavy (non-hydrogen) atoms. The van der Waals surface area contributed by atoms with Crippen LogP contribution in [0.25, 0.3) is 16.9 Å². The fraction of sp³-hybridized carbons (Fsp3) is 0.350. The van der Waals surface area contributed by atoms with Gasteiger partial charge in [0.1, 0.15) is 0 Å². The molecular formula is C20H23N3O5. The number of aromatic amines is 1. The van der Waals surface area contributed by atoms with Crippen LogP contribution in [-0.2, 0) is 16.0 Å². The minimum absolute atomic E-state index is 0.140. The van der Waals surface area contributed by atoms with Gasteiger partial charge in [0.2, 0.25) is 0 Å². The zero-order chi connectivity index (χ0) is 20.3. The van der Waals surface area contributed by atoms with Crippen molar-refractivity contribution in [3.63, 3.8) is 0 Å². The molecule has 0 saturated heterocycles. The fourth-order valence-electron chi connectivity index (χ4n) is 3.07. The molecular weight excluding hydrogens is 362 g/mol. The van der Waals surface area contributed by atoms with Crippen molar-refractivity contribution in [1.29, 1.82) is 0 Å². The van der Waals surface area contributed by atoms with Crippen LogP contribution in [0.15, 0.2) is 29.1 Å². The number of ether oxygens (including phenoxy) is 3. The minimum Gasteiger partial charge on any atom is -0.493 e. The van der Waals surface area contributed by atoms with E-state index in [1.54, 1.807) is 40.2 Å². The molecule has 3 aromatic rings. The molecule has 0 amide bonds. The maximum Gasteiger partial charge on any atom is 0.306 e. The van der Waals surface area contributed by atoms with Crippen molar-refractivity contribution < 1.29 is 19.0 Å². The smallest absolute Gasteiger partial charge is 0.306 e.